The van der Waals surface area contributed by atoms with Gasteiger partial charge in [-0.25, -0.2) is 28.5 Å². The largest absolute Gasteiger partial charge is 0.485 e. The lowest BCUT2D eigenvalue weighted by atomic mass is 10.3. The number of rotatable bonds is 7. The van der Waals surface area contributed by atoms with E-state index in [1.165, 1.54) is 28.2 Å². The standard InChI is InChI=1S/C23H18ClF2N5O4S/c1-4-34-23(33)19-27-6-5-15(29-19)21-30-20(12(3)36-21)31-11(2)7-17(18(24)22(31)32)35-10-16-14(26)8-13(25)9-28-16/h5-9H,4,10H2,1-3H3. The Morgan fingerprint density at radius 2 is 1.97 bits per heavy atom. The molecule has 4 aromatic rings. The van der Waals surface area contributed by atoms with Crippen LogP contribution in [0.25, 0.3) is 16.5 Å². The van der Waals surface area contributed by atoms with E-state index in [4.69, 9.17) is 21.1 Å². The van der Waals surface area contributed by atoms with Gasteiger partial charge in [0.15, 0.2) is 11.6 Å². The average molecular weight is 534 g/mol. The molecule has 0 saturated heterocycles. The van der Waals surface area contributed by atoms with E-state index in [2.05, 4.69) is 19.9 Å². The molecule has 186 valence electrons. The second-order valence-electron chi connectivity index (χ2n) is 7.36. The molecule has 4 aromatic heterocycles. The molecule has 0 N–H and O–H groups in total. The molecule has 13 heteroatoms. The summed E-state index contributed by atoms with van der Waals surface area (Å²) in [7, 11) is 0. The molecule has 36 heavy (non-hydrogen) atoms. The van der Waals surface area contributed by atoms with Gasteiger partial charge < -0.3 is 9.47 Å². The minimum absolute atomic E-state index is 0.0175. The van der Waals surface area contributed by atoms with Crippen LogP contribution >= 0.6 is 22.9 Å². The summed E-state index contributed by atoms with van der Waals surface area (Å²) in [5.41, 5.74) is 0.0927. The summed E-state index contributed by atoms with van der Waals surface area (Å²) >= 11 is 7.55. The first-order chi connectivity index (χ1) is 17.2. The number of nitrogens with zero attached hydrogens (tertiary/aromatic N) is 5. The number of hydrogen-bond donors (Lipinski definition) is 0. The monoisotopic (exact) mass is 533 g/mol. The Kier molecular flexibility index (Phi) is 7.36. The lowest BCUT2D eigenvalue weighted by Gasteiger charge is -2.13. The van der Waals surface area contributed by atoms with Crippen LogP contribution in [0.1, 0.15) is 33.8 Å². The molecular weight excluding hydrogens is 516 g/mol. The zero-order chi connectivity index (χ0) is 26.0. The van der Waals surface area contributed by atoms with E-state index in [1.54, 1.807) is 26.8 Å². The third-order valence-corrected chi connectivity index (χ3v) is 6.20. The molecule has 0 aliphatic rings. The highest BCUT2D eigenvalue weighted by Crippen LogP contribution is 2.30. The van der Waals surface area contributed by atoms with Crippen LogP contribution in [0.4, 0.5) is 8.78 Å². The topological polar surface area (TPSA) is 109 Å². The van der Waals surface area contributed by atoms with E-state index in [-0.39, 0.29) is 35.5 Å². The van der Waals surface area contributed by atoms with E-state index in [9.17, 15) is 18.4 Å². The van der Waals surface area contributed by atoms with Crippen molar-refractivity contribution in [1.82, 2.24) is 24.5 Å². The Labute approximate surface area is 212 Å². The molecule has 0 saturated carbocycles. The van der Waals surface area contributed by atoms with E-state index in [0.29, 0.717) is 33.2 Å². The van der Waals surface area contributed by atoms with Gasteiger partial charge in [0.1, 0.15) is 39.6 Å². The molecule has 0 spiro atoms. The summed E-state index contributed by atoms with van der Waals surface area (Å²) in [5, 5.41) is 0.208. The van der Waals surface area contributed by atoms with Crippen molar-refractivity contribution in [1.29, 1.82) is 0 Å². The average Bonchev–Trinajstić information content (AvgIpc) is 3.23. The number of aryl methyl sites for hydroxylation is 2. The van der Waals surface area contributed by atoms with Crippen LogP contribution in [0.2, 0.25) is 5.02 Å². The Balaban J connectivity index is 1.66. The van der Waals surface area contributed by atoms with E-state index < -0.39 is 23.2 Å². The second kappa shape index (κ2) is 10.5. The van der Waals surface area contributed by atoms with Crippen LogP contribution in [0.3, 0.4) is 0 Å². The van der Waals surface area contributed by atoms with Crippen molar-refractivity contribution in [2.45, 2.75) is 27.4 Å². The molecule has 0 atom stereocenters. The van der Waals surface area contributed by atoms with E-state index >= 15 is 0 Å². The molecule has 0 fully saturated rings. The number of aromatic nitrogens is 5. The van der Waals surface area contributed by atoms with Crippen LogP contribution < -0.4 is 10.3 Å². The molecule has 4 rings (SSSR count). The molecule has 0 aliphatic heterocycles. The summed E-state index contributed by atoms with van der Waals surface area (Å²) in [4.78, 5) is 42.2. The number of esters is 1. The zero-order valence-corrected chi connectivity index (χ0v) is 20.8. The maximum absolute atomic E-state index is 13.9. The third kappa shape index (κ3) is 5.09. The zero-order valence-electron chi connectivity index (χ0n) is 19.2. The smallest absolute Gasteiger partial charge is 0.376 e. The van der Waals surface area contributed by atoms with Gasteiger partial charge in [0.2, 0.25) is 5.82 Å². The highest BCUT2D eigenvalue weighted by molar-refractivity contribution is 7.15. The van der Waals surface area contributed by atoms with Crippen molar-refractivity contribution < 1.29 is 23.0 Å². The van der Waals surface area contributed by atoms with Gasteiger partial charge >= 0.3 is 5.97 Å². The number of ether oxygens (including phenoxy) is 2. The van der Waals surface area contributed by atoms with Crippen molar-refractivity contribution in [3.8, 4) is 22.3 Å². The van der Waals surface area contributed by atoms with Crippen molar-refractivity contribution in [2.24, 2.45) is 0 Å². The number of carbonyl (C=O) groups excluding carboxylic acids is 1. The number of pyridine rings is 2. The quantitative estimate of drug-likeness (QED) is 0.320. The normalized spacial score (nSPS) is 10.9. The Hall–Kier alpha value is -3.77. The first kappa shape index (κ1) is 25.3. The molecule has 0 unspecified atom stereocenters. The Morgan fingerprint density at radius 1 is 1.19 bits per heavy atom. The van der Waals surface area contributed by atoms with Gasteiger partial charge in [-0.1, -0.05) is 11.6 Å². The third-order valence-electron chi connectivity index (χ3n) is 4.86. The molecule has 0 aliphatic carbocycles. The lowest BCUT2D eigenvalue weighted by molar-refractivity contribution is 0.0512. The summed E-state index contributed by atoms with van der Waals surface area (Å²) < 4.78 is 38.7. The van der Waals surface area contributed by atoms with Gasteiger partial charge in [-0.3, -0.25) is 14.3 Å². The fraction of sp³-hybridized carbons (Fsp3) is 0.217. The van der Waals surface area contributed by atoms with Crippen LogP contribution in [0, 0.1) is 25.5 Å². The molecule has 0 amide bonds. The highest BCUT2D eigenvalue weighted by atomic mass is 35.5. The van der Waals surface area contributed by atoms with Gasteiger partial charge in [-0.05, 0) is 26.8 Å². The first-order valence-corrected chi connectivity index (χ1v) is 11.7. The minimum atomic E-state index is -0.877. The van der Waals surface area contributed by atoms with Crippen molar-refractivity contribution in [3.05, 3.63) is 79.7 Å². The fourth-order valence-electron chi connectivity index (χ4n) is 3.22. The minimum Gasteiger partial charge on any atom is -0.485 e. The van der Waals surface area contributed by atoms with Crippen LogP contribution in [0.15, 0.2) is 35.4 Å². The van der Waals surface area contributed by atoms with E-state index in [0.717, 1.165) is 6.20 Å². The molecule has 0 radical (unpaired) electrons. The molecule has 9 nitrogen and oxygen atoms in total. The van der Waals surface area contributed by atoms with Crippen molar-refractivity contribution in [3.63, 3.8) is 0 Å². The number of hydrogen-bond acceptors (Lipinski definition) is 9. The molecular formula is C23H18ClF2N5O4S. The highest BCUT2D eigenvalue weighted by Gasteiger charge is 2.20. The van der Waals surface area contributed by atoms with Crippen LogP contribution in [0.5, 0.6) is 5.75 Å². The molecule has 4 heterocycles. The summed E-state index contributed by atoms with van der Waals surface area (Å²) in [5.74, 6) is -2.10. The van der Waals surface area contributed by atoms with Gasteiger partial charge in [0.25, 0.3) is 5.56 Å². The summed E-state index contributed by atoms with van der Waals surface area (Å²) in [6.07, 6.45) is 2.28. The van der Waals surface area contributed by atoms with Crippen molar-refractivity contribution >= 4 is 28.9 Å². The number of halogens is 3. The lowest BCUT2D eigenvalue weighted by Crippen LogP contribution is -2.22. The second-order valence-corrected chi connectivity index (χ2v) is 8.94. The van der Waals surface area contributed by atoms with Crippen LogP contribution in [-0.4, -0.2) is 37.1 Å². The SMILES string of the molecule is CCOC(=O)c1nccc(-c2nc(-n3c(C)cc(OCc4ncc(F)cc4F)c(Cl)c3=O)c(C)s2)n1. The fourth-order valence-corrected chi connectivity index (χ4v) is 4.28. The van der Waals surface area contributed by atoms with Crippen molar-refractivity contribution in [2.75, 3.05) is 6.61 Å². The maximum atomic E-state index is 13.9. The Morgan fingerprint density at radius 3 is 2.69 bits per heavy atom. The van der Waals surface area contributed by atoms with Gasteiger partial charge in [-0.2, -0.15) is 0 Å². The first-order valence-electron chi connectivity index (χ1n) is 10.5. The van der Waals surface area contributed by atoms with Gasteiger partial charge in [0.05, 0.1) is 12.8 Å². The molecule has 0 bridgehead atoms. The predicted octanol–water partition coefficient (Wildman–Crippen LogP) is 4.45. The van der Waals surface area contributed by atoms with E-state index in [1.807, 2.05) is 0 Å². The number of thiazole rings is 1. The maximum Gasteiger partial charge on any atom is 0.376 e. The summed E-state index contributed by atoms with van der Waals surface area (Å²) in [6, 6.07) is 3.78. The summed E-state index contributed by atoms with van der Waals surface area (Å²) in [6.45, 7) is 4.94. The number of carbonyl (C=O) groups is 1. The Bertz CT molecular complexity index is 1530. The molecule has 0 aromatic carbocycles. The van der Waals surface area contributed by atoms with Gasteiger partial charge in [0, 0.05) is 28.9 Å². The van der Waals surface area contributed by atoms with Crippen LogP contribution in [-0.2, 0) is 11.3 Å². The predicted molar refractivity (Wildman–Crippen MR) is 128 cm³/mol. The van der Waals surface area contributed by atoms with Gasteiger partial charge in [-0.15, -0.1) is 11.3 Å².